The molecule has 2 rings (SSSR count). The van der Waals surface area contributed by atoms with E-state index >= 15 is 0 Å². The van der Waals surface area contributed by atoms with Crippen molar-refractivity contribution >= 4 is 50.5 Å². The zero-order valence-corrected chi connectivity index (χ0v) is 13.8. The van der Waals surface area contributed by atoms with Gasteiger partial charge < -0.3 is 5.32 Å². The molecule has 0 aliphatic heterocycles. The highest BCUT2D eigenvalue weighted by Gasteiger charge is 2.13. The Morgan fingerprint density at radius 3 is 2.18 bits per heavy atom. The second-order valence-corrected chi connectivity index (χ2v) is 7.12. The van der Waals surface area contributed by atoms with E-state index in [9.17, 15) is 13.2 Å². The Kier molecular flexibility index (Phi) is 4.95. The number of rotatable bonds is 4. The molecule has 116 valence electrons. The molecule has 2 aromatic rings. The first-order valence-corrected chi connectivity index (χ1v) is 8.73. The number of sulfonamides is 1. The van der Waals surface area contributed by atoms with Gasteiger partial charge in [0.25, 0.3) is 5.91 Å². The van der Waals surface area contributed by atoms with Gasteiger partial charge in [0.15, 0.2) is 0 Å². The van der Waals surface area contributed by atoms with Crippen LogP contribution in [-0.4, -0.2) is 20.6 Å². The molecule has 0 spiro atoms. The fourth-order valence-electron chi connectivity index (χ4n) is 1.71. The lowest BCUT2D eigenvalue weighted by Gasteiger charge is -2.10. The number of amides is 1. The molecule has 2 aromatic carbocycles. The van der Waals surface area contributed by atoms with Crippen molar-refractivity contribution in [1.82, 2.24) is 0 Å². The summed E-state index contributed by atoms with van der Waals surface area (Å²) in [6, 6.07) is 10.9. The Labute approximate surface area is 138 Å². The van der Waals surface area contributed by atoms with Gasteiger partial charge in [-0.1, -0.05) is 23.2 Å². The summed E-state index contributed by atoms with van der Waals surface area (Å²) < 4.78 is 24.8. The molecule has 0 bridgehead atoms. The lowest BCUT2D eigenvalue weighted by atomic mass is 10.2. The molecule has 8 heteroatoms. The van der Waals surface area contributed by atoms with Crippen LogP contribution < -0.4 is 10.0 Å². The van der Waals surface area contributed by atoms with Gasteiger partial charge in [0.1, 0.15) is 0 Å². The molecule has 0 aliphatic rings. The first-order chi connectivity index (χ1) is 10.2. The van der Waals surface area contributed by atoms with E-state index in [1.54, 1.807) is 24.3 Å². The van der Waals surface area contributed by atoms with Crippen molar-refractivity contribution in [2.24, 2.45) is 0 Å². The highest BCUT2D eigenvalue weighted by Crippen LogP contribution is 2.23. The minimum absolute atomic E-state index is 0.158. The van der Waals surface area contributed by atoms with Gasteiger partial charge in [-0.2, -0.15) is 0 Å². The average Bonchev–Trinajstić information content (AvgIpc) is 2.42. The van der Waals surface area contributed by atoms with E-state index in [-0.39, 0.29) is 16.3 Å². The zero-order chi connectivity index (χ0) is 16.3. The first-order valence-electron chi connectivity index (χ1n) is 6.09. The van der Waals surface area contributed by atoms with Crippen molar-refractivity contribution in [2.45, 2.75) is 0 Å². The molecule has 1 amide bonds. The molecule has 0 atom stereocenters. The van der Waals surface area contributed by atoms with Crippen LogP contribution in [0.4, 0.5) is 11.4 Å². The van der Waals surface area contributed by atoms with Gasteiger partial charge >= 0.3 is 0 Å². The van der Waals surface area contributed by atoms with Crippen LogP contribution in [0.1, 0.15) is 10.4 Å². The minimum atomic E-state index is -3.44. The fraction of sp³-hybridized carbons (Fsp3) is 0.0714. The zero-order valence-electron chi connectivity index (χ0n) is 11.4. The van der Waals surface area contributed by atoms with Crippen molar-refractivity contribution in [1.29, 1.82) is 0 Å². The Balaban J connectivity index is 2.25. The lowest BCUT2D eigenvalue weighted by Crippen LogP contribution is -2.14. The predicted molar refractivity (Wildman–Crippen MR) is 89.3 cm³/mol. The van der Waals surface area contributed by atoms with E-state index in [4.69, 9.17) is 23.2 Å². The molecule has 0 fully saturated rings. The molecule has 22 heavy (non-hydrogen) atoms. The standard InChI is InChI=1S/C14H12Cl2N2O3S/c1-22(20,21)18-11-6-7-13(16)12(8-11)14(19)17-10-4-2-9(15)3-5-10/h2-8,18H,1H3,(H,17,19). The van der Waals surface area contributed by atoms with Gasteiger partial charge in [0, 0.05) is 16.4 Å². The molecule has 0 saturated heterocycles. The van der Waals surface area contributed by atoms with Crippen molar-refractivity contribution < 1.29 is 13.2 Å². The molecule has 0 saturated carbocycles. The van der Waals surface area contributed by atoms with Gasteiger partial charge in [-0.25, -0.2) is 8.42 Å². The predicted octanol–water partition coefficient (Wildman–Crippen LogP) is 3.62. The normalized spacial score (nSPS) is 11.0. The summed E-state index contributed by atoms with van der Waals surface area (Å²) in [5.41, 5.74) is 0.963. The summed E-state index contributed by atoms with van der Waals surface area (Å²) in [6.07, 6.45) is 1.02. The lowest BCUT2D eigenvalue weighted by molar-refractivity contribution is 0.102. The largest absolute Gasteiger partial charge is 0.322 e. The maximum absolute atomic E-state index is 12.2. The van der Waals surface area contributed by atoms with Crippen LogP contribution in [0.3, 0.4) is 0 Å². The molecule has 0 radical (unpaired) electrons. The maximum atomic E-state index is 12.2. The summed E-state index contributed by atoms with van der Waals surface area (Å²) in [5.74, 6) is -0.454. The van der Waals surface area contributed by atoms with Crippen LogP contribution in [0.2, 0.25) is 10.0 Å². The van der Waals surface area contributed by atoms with Crippen LogP contribution in [0, 0.1) is 0 Å². The van der Waals surface area contributed by atoms with Crippen LogP contribution in [0.15, 0.2) is 42.5 Å². The second-order valence-electron chi connectivity index (χ2n) is 4.53. The van der Waals surface area contributed by atoms with Crippen molar-refractivity contribution in [3.05, 3.63) is 58.1 Å². The van der Waals surface area contributed by atoms with E-state index in [1.165, 1.54) is 18.2 Å². The van der Waals surface area contributed by atoms with E-state index in [1.807, 2.05) is 0 Å². The second kappa shape index (κ2) is 6.56. The van der Waals surface area contributed by atoms with Gasteiger partial charge in [-0.3, -0.25) is 9.52 Å². The Bertz CT molecular complexity index is 805. The Morgan fingerprint density at radius 2 is 1.59 bits per heavy atom. The van der Waals surface area contributed by atoms with Crippen LogP contribution in [0.5, 0.6) is 0 Å². The highest BCUT2D eigenvalue weighted by atomic mass is 35.5. The first kappa shape index (κ1) is 16.6. The van der Waals surface area contributed by atoms with Gasteiger partial charge in [0.05, 0.1) is 16.8 Å². The quantitative estimate of drug-likeness (QED) is 0.876. The third-order valence-electron chi connectivity index (χ3n) is 2.62. The van der Waals surface area contributed by atoms with Gasteiger partial charge in [-0.15, -0.1) is 0 Å². The molecular weight excluding hydrogens is 347 g/mol. The van der Waals surface area contributed by atoms with Gasteiger partial charge in [-0.05, 0) is 42.5 Å². The summed E-state index contributed by atoms with van der Waals surface area (Å²) in [6.45, 7) is 0. The molecule has 0 aliphatic carbocycles. The van der Waals surface area contributed by atoms with Crippen molar-refractivity contribution in [3.8, 4) is 0 Å². The van der Waals surface area contributed by atoms with E-state index in [0.717, 1.165) is 6.26 Å². The van der Waals surface area contributed by atoms with Crippen LogP contribution >= 0.6 is 23.2 Å². The number of anilines is 2. The maximum Gasteiger partial charge on any atom is 0.257 e. The molecular formula is C14H12Cl2N2O3S. The Morgan fingerprint density at radius 1 is 1.00 bits per heavy atom. The number of nitrogens with one attached hydrogen (secondary N) is 2. The summed E-state index contributed by atoms with van der Waals surface area (Å²) in [4.78, 5) is 12.2. The van der Waals surface area contributed by atoms with Crippen LogP contribution in [0.25, 0.3) is 0 Å². The summed E-state index contributed by atoms with van der Waals surface area (Å²) in [5, 5.41) is 3.42. The van der Waals surface area contributed by atoms with E-state index < -0.39 is 15.9 Å². The molecule has 0 heterocycles. The number of carbonyl (C=O) groups is 1. The smallest absolute Gasteiger partial charge is 0.257 e. The third-order valence-corrected chi connectivity index (χ3v) is 3.80. The number of hydrogen-bond donors (Lipinski definition) is 2. The molecule has 2 N–H and O–H groups in total. The SMILES string of the molecule is CS(=O)(=O)Nc1ccc(Cl)c(C(=O)Nc2ccc(Cl)cc2)c1. The molecule has 0 aromatic heterocycles. The van der Waals surface area contributed by atoms with Crippen molar-refractivity contribution in [2.75, 3.05) is 16.3 Å². The number of carbonyl (C=O) groups excluding carboxylic acids is 1. The monoisotopic (exact) mass is 358 g/mol. The minimum Gasteiger partial charge on any atom is -0.322 e. The number of benzene rings is 2. The number of hydrogen-bond acceptors (Lipinski definition) is 3. The number of halogens is 2. The van der Waals surface area contributed by atoms with E-state index in [0.29, 0.717) is 10.7 Å². The molecule has 0 unspecified atom stereocenters. The third kappa shape index (κ3) is 4.62. The summed E-state index contributed by atoms with van der Waals surface area (Å²) in [7, 11) is -3.44. The van der Waals surface area contributed by atoms with Gasteiger partial charge in [0.2, 0.25) is 10.0 Å². The van der Waals surface area contributed by atoms with E-state index in [2.05, 4.69) is 10.0 Å². The van der Waals surface area contributed by atoms with Crippen molar-refractivity contribution in [3.63, 3.8) is 0 Å². The summed E-state index contributed by atoms with van der Waals surface area (Å²) >= 11 is 11.8. The molecule has 5 nitrogen and oxygen atoms in total. The van der Waals surface area contributed by atoms with Crippen LogP contribution in [-0.2, 0) is 10.0 Å². The average molecular weight is 359 g/mol. The topological polar surface area (TPSA) is 75.3 Å². The Hall–Kier alpha value is -1.76. The highest BCUT2D eigenvalue weighted by molar-refractivity contribution is 7.92. The fourth-order valence-corrected chi connectivity index (χ4v) is 2.59.